The first-order chi connectivity index (χ1) is 14.8. The topological polar surface area (TPSA) is 34.5 Å². The molecule has 1 aliphatic rings. The van der Waals surface area contributed by atoms with Gasteiger partial charge in [0.2, 0.25) is 0 Å². The minimum absolute atomic E-state index is 0.0925. The molecule has 0 aliphatic carbocycles. The number of rotatable bonds is 6. The summed E-state index contributed by atoms with van der Waals surface area (Å²) in [6, 6.07) is 22.3. The van der Waals surface area contributed by atoms with Gasteiger partial charge in [-0.15, -0.1) is 0 Å². The largest absolute Gasteiger partial charge is 0.379 e. The summed E-state index contributed by atoms with van der Waals surface area (Å²) in [6.45, 7) is 5.64. The van der Waals surface area contributed by atoms with Gasteiger partial charge in [-0.2, -0.15) is 0 Å². The second-order valence-corrected chi connectivity index (χ2v) is 7.92. The number of ether oxygens (including phenoxy) is 1. The van der Waals surface area contributed by atoms with Crippen LogP contribution >= 0.6 is 0 Å². The van der Waals surface area contributed by atoms with Crippen LogP contribution in [-0.4, -0.2) is 48.1 Å². The predicted molar refractivity (Wildman–Crippen MR) is 121 cm³/mol. The molecule has 4 heteroatoms. The highest BCUT2D eigenvalue weighted by Crippen LogP contribution is 2.27. The third kappa shape index (κ3) is 3.64. The number of morpholine rings is 1. The van der Waals surface area contributed by atoms with E-state index >= 15 is 0 Å². The zero-order valence-electron chi connectivity index (χ0n) is 17.1. The molecule has 1 fully saturated rings. The Labute approximate surface area is 176 Å². The molecule has 0 saturated carbocycles. The van der Waals surface area contributed by atoms with Gasteiger partial charge >= 0.3 is 0 Å². The standard InChI is InChI=1S/C26H26N2O2/c29-26(23-11-5-8-20-7-1-2-9-21(20)23)24-19-28(25-12-4-3-10-22(24)25)14-6-13-27-15-17-30-18-16-27/h1-5,7-12,19H,6,13-18H2. The zero-order valence-corrected chi connectivity index (χ0v) is 17.1. The van der Waals surface area contributed by atoms with Gasteiger partial charge in [0, 0.05) is 54.4 Å². The maximum absolute atomic E-state index is 13.6. The maximum atomic E-state index is 13.6. The van der Waals surface area contributed by atoms with Crippen LogP contribution in [0.4, 0.5) is 0 Å². The Bertz CT molecular complexity index is 1180. The molecule has 5 rings (SSSR count). The summed E-state index contributed by atoms with van der Waals surface area (Å²) in [4.78, 5) is 16.0. The Kier molecular flexibility index (Phi) is 5.35. The van der Waals surface area contributed by atoms with Crippen LogP contribution in [0.2, 0.25) is 0 Å². The Morgan fingerprint density at radius 2 is 1.53 bits per heavy atom. The highest BCUT2D eigenvalue weighted by Gasteiger charge is 2.18. The summed E-state index contributed by atoms with van der Waals surface area (Å²) in [7, 11) is 0. The van der Waals surface area contributed by atoms with Crippen molar-refractivity contribution in [2.75, 3.05) is 32.8 Å². The lowest BCUT2D eigenvalue weighted by molar-refractivity contribution is 0.0369. The molecule has 0 amide bonds. The molecule has 2 heterocycles. The van der Waals surface area contributed by atoms with Crippen LogP contribution in [0.5, 0.6) is 0 Å². The second kappa shape index (κ2) is 8.42. The van der Waals surface area contributed by atoms with E-state index in [1.165, 1.54) is 0 Å². The molecule has 0 unspecified atom stereocenters. The number of nitrogens with zero attached hydrogens (tertiary/aromatic N) is 2. The molecule has 1 aromatic heterocycles. The average molecular weight is 399 g/mol. The van der Waals surface area contributed by atoms with Gasteiger partial charge in [-0.25, -0.2) is 0 Å². The van der Waals surface area contributed by atoms with Crippen molar-refractivity contribution in [3.8, 4) is 0 Å². The first kappa shape index (κ1) is 19.0. The number of hydrogen-bond donors (Lipinski definition) is 0. The van der Waals surface area contributed by atoms with Crippen molar-refractivity contribution in [3.63, 3.8) is 0 Å². The van der Waals surface area contributed by atoms with Gasteiger partial charge in [0.25, 0.3) is 0 Å². The average Bonchev–Trinajstić information content (AvgIpc) is 3.18. The van der Waals surface area contributed by atoms with Crippen LogP contribution in [0.15, 0.2) is 72.9 Å². The maximum Gasteiger partial charge on any atom is 0.195 e. The number of benzene rings is 3. The monoisotopic (exact) mass is 398 g/mol. The van der Waals surface area contributed by atoms with Gasteiger partial charge in [-0.3, -0.25) is 9.69 Å². The van der Waals surface area contributed by atoms with Crippen molar-refractivity contribution in [1.29, 1.82) is 0 Å². The van der Waals surface area contributed by atoms with Crippen LogP contribution in [0.1, 0.15) is 22.3 Å². The first-order valence-corrected chi connectivity index (χ1v) is 10.7. The summed E-state index contributed by atoms with van der Waals surface area (Å²) in [5, 5.41) is 3.13. The number of carbonyl (C=O) groups excluding carboxylic acids is 1. The van der Waals surface area contributed by atoms with E-state index in [0.29, 0.717) is 0 Å². The molecular formula is C26H26N2O2. The van der Waals surface area contributed by atoms with Gasteiger partial charge in [-0.1, -0.05) is 60.7 Å². The van der Waals surface area contributed by atoms with Crippen LogP contribution in [0.25, 0.3) is 21.7 Å². The SMILES string of the molecule is O=C(c1cccc2ccccc12)c1cn(CCCN2CCOCC2)c2ccccc12. The van der Waals surface area contributed by atoms with E-state index in [9.17, 15) is 4.79 Å². The molecule has 3 aromatic carbocycles. The van der Waals surface area contributed by atoms with Crippen LogP contribution in [0, 0.1) is 0 Å². The lowest BCUT2D eigenvalue weighted by Crippen LogP contribution is -2.37. The van der Waals surface area contributed by atoms with E-state index in [4.69, 9.17) is 4.74 Å². The Balaban J connectivity index is 1.45. The van der Waals surface area contributed by atoms with Crippen molar-refractivity contribution >= 4 is 27.5 Å². The highest BCUT2D eigenvalue weighted by atomic mass is 16.5. The minimum Gasteiger partial charge on any atom is -0.379 e. The minimum atomic E-state index is 0.0925. The normalized spacial score (nSPS) is 15.1. The molecule has 0 radical (unpaired) electrons. The van der Waals surface area contributed by atoms with Crippen molar-refractivity contribution in [2.45, 2.75) is 13.0 Å². The number of aryl methyl sites for hydroxylation is 1. The number of carbonyl (C=O) groups is 1. The van der Waals surface area contributed by atoms with Crippen molar-refractivity contribution in [2.24, 2.45) is 0 Å². The quantitative estimate of drug-likeness (QED) is 0.440. The summed E-state index contributed by atoms with van der Waals surface area (Å²) in [5.41, 5.74) is 2.68. The third-order valence-corrected chi connectivity index (χ3v) is 6.04. The molecular weight excluding hydrogens is 372 g/mol. The van der Waals surface area contributed by atoms with E-state index < -0.39 is 0 Å². The number of para-hydroxylation sites is 1. The smallest absolute Gasteiger partial charge is 0.195 e. The van der Waals surface area contributed by atoms with Crippen LogP contribution in [-0.2, 0) is 11.3 Å². The Morgan fingerprint density at radius 3 is 2.40 bits per heavy atom. The molecule has 0 bridgehead atoms. The molecule has 152 valence electrons. The fourth-order valence-corrected chi connectivity index (χ4v) is 4.47. The number of fused-ring (bicyclic) bond motifs is 2. The molecule has 30 heavy (non-hydrogen) atoms. The lowest BCUT2D eigenvalue weighted by atomic mass is 9.97. The van der Waals surface area contributed by atoms with E-state index in [0.717, 1.165) is 78.6 Å². The fourth-order valence-electron chi connectivity index (χ4n) is 4.47. The van der Waals surface area contributed by atoms with Gasteiger partial charge in [-0.05, 0) is 23.3 Å². The number of ketones is 1. The molecule has 0 N–H and O–H groups in total. The Morgan fingerprint density at radius 1 is 0.800 bits per heavy atom. The molecule has 0 spiro atoms. The van der Waals surface area contributed by atoms with Gasteiger partial charge in [0.1, 0.15) is 0 Å². The summed E-state index contributed by atoms with van der Waals surface area (Å²) < 4.78 is 7.68. The third-order valence-electron chi connectivity index (χ3n) is 6.04. The zero-order chi connectivity index (χ0) is 20.3. The fraction of sp³-hybridized carbons (Fsp3) is 0.269. The van der Waals surface area contributed by atoms with Gasteiger partial charge in [0.15, 0.2) is 5.78 Å². The molecule has 4 aromatic rings. The van der Waals surface area contributed by atoms with Crippen molar-refractivity contribution < 1.29 is 9.53 Å². The van der Waals surface area contributed by atoms with Crippen LogP contribution in [0.3, 0.4) is 0 Å². The summed E-state index contributed by atoms with van der Waals surface area (Å²) >= 11 is 0. The summed E-state index contributed by atoms with van der Waals surface area (Å²) in [5.74, 6) is 0.0925. The number of aromatic nitrogens is 1. The van der Waals surface area contributed by atoms with Crippen molar-refractivity contribution in [1.82, 2.24) is 9.47 Å². The van der Waals surface area contributed by atoms with E-state index in [2.05, 4.69) is 33.7 Å². The van der Waals surface area contributed by atoms with Gasteiger partial charge < -0.3 is 9.30 Å². The molecule has 4 nitrogen and oxygen atoms in total. The highest BCUT2D eigenvalue weighted by molar-refractivity contribution is 6.21. The molecule has 1 saturated heterocycles. The predicted octanol–water partition coefficient (Wildman–Crippen LogP) is 4.75. The second-order valence-electron chi connectivity index (χ2n) is 7.92. The van der Waals surface area contributed by atoms with E-state index in [1.807, 2.05) is 48.7 Å². The first-order valence-electron chi connectivity index (χ1n) is 10.7. The lowest BCUT2D eigenvalue weighted by Gasteiger charge is -2.26. The van der Waals surface area contributed by atoms with Crippen molar-refractivity contribution in [3.05, 3.63) is 84.1 Å². The van der Waals surface area contributed by atoms with E-state index in [-0.39, 0.29) is 5.78 Å². The molecule has 0 atom stereocenters. The van der Waals surface area contributed by atoms with Crippen LogP contribution < -0.4 is 0 Å². The Hall–Kier alpha value is -2.95. The number of hydrogen-bond acceptors (Lipinski definition) is 3. The van der Waals surface area contributed by atoms with Gasteiger partial charge in [0.05, 0.1) is 13.2 Å². The van der Waals surface area contributed by atoms with E-state index in [1.54, 1.807) is 0 Å². The summed E-state index contributed by atoms with van der Waals surface area (Å²) in [6.07, 6.45) is 3.11. The molecule has 1 aliphatic heterocycles.